The van der Waals surface area contributed by atoms with Gasteiger partial charge in [-0.2, -0.15) is 10.4 Å². The fraction of sp³-hybridized carbons (Fsp3) is 0.105. The van der Waals surface area contributed by atoms with E-state index in [1.165, 1.54) is 0 Å². The van der Waals surface area contributed by atoms with Crippen molar-refractivity contribution in [3.63, 3.8) is 0 Å². The average Bonchev–Trinajstić information content (AvgIpc) is 3.21. The van der Waals surface area contributed by atoms with Crippen molar-refractivity contribution in [1.82, 2.24) is 9.55 Å². The van der Waals surface area contributed by atoms with Gasteiger partial charge in [0.25, 0.3) is 0 Å². The molecule has 122 valence electrons. The molecule has 0 aliphatic heterocycles. The van der Waals surface area contributed by atoms with E-state index in [1.807, 2.05) is 42.6 Å². The van der Waals surface area contributed by atoms with Gasteiger partial charge in [0.1, 0.15) is 0 Å². The topological polar surface area (TPSA) is 66.0 Å². The first-order chi connectivity index (χ1) is 12.3. The molecule has 6 heteroatoms. The summed E-state index contributed by atoms with van der Waals surface area (Å²) < 4.78 is 3.23. The number of nitrogens with one attached hydrogen (secondary N) is 1. The van der Waals surface area contributed by atoms with Gasteiger partial charge < -0.3 is 4.57 Å². The lowest BCUT2D eigenvalue weighted by molar-refractivity contribution is 0.744. The van der Waals surface area contributed by atoms with Crippen LogP contribution in [0.5, 0.6) is 0 Å². The van der Waals surface area contributed by atoms with Crippen LogP contribution in [0, 0.1) is 11.3 Å². The summed E-state index contributed by atoms with van der Waals surface area (Å²) in [7, 11) is 0. The first-order valence-electron chi connectivity index (χ1n) is 7.94. The predicted octanol–water partition coefficient (Wildman–Crippen LogP) is 4.61. The number of hydrogen-bond donors (Lipinski definition) is 1. The first kappa shape index (κ1) is 15.4. The highest BCUT2D eigenvalue weighted by Crippen LogP contribution is 2.25. The molecule has 25 heavy (non-hydrogen) atoms. The van der Waals surface area contributed by atoms with Crippen LogP contribution in [-0.2, 0) is 6.54 Å². The highest BCUT2D eigenvalue weighted by atomic mass is 32.1. The number of thiazole rings is 1. The zero-order valence-corrected chi connectivity index (χ0v) is 14.2. The summed E-state index contributed by atoms with van der Waals surface area (Å²) in [6.07, 6.45) is 4.32. The molecule has 0 aliphatic carbocycles. The second-order valence-electron chi connectivity index (χ2n) is 5.56. The number of hydrogen-bond acceptors (Lipinski definition) is 5. The van der Waals surface area contributed by atoms with Crippen molar-refractivity contribution >= 4 is 43.8 Å². The summed E-state index contributed by atoms with van der Waals surface area (Å²) in [5, 5.41) is 15.1. The zero-order valence-electron chi connectivity index (χ0n) is 13.4. The van der Waals surface area contributed by atoms with E-state index < -0.39 is 0 Å². The van der Waals surface area contributed by atoms with Crippen molar-refractivity contribution < 1.29 is 0 Å². The smallest absolute Gasteiger partial charge is 0.204 e. The number of hydrazone groups is 1. The third kappa shape index (κ3) is 3.10. The van der Waals surface area contributed by atoms with Crippen LogP contribution >= 0.6 is 11.3 Å². The maximum Gasteiger partial charge on any atom is 0.204 e. The molecule has 0 atom stereocenters. The van der Waals surface area contributed by atoms with Gasteiger partial charge in [0.05, 0.1) is 28.9 Å². The van der Waals surface area contributed by atoms with Crippen LogP contribution in [0.3, 0.4) is 0 Å². The van der Waals surface area contributed by atoms with Crippen LogP contribution in [0.4, 0.5) is 5.13 Å². The molecule has 0 saturated carbocycles. The van der Waals surface area contributed by atoms with Gasteiger partial charge in [-0.1, -0.05) is 41.7 Å². The molecule has 0 saturated heterocycles. The Kier molecular flexibility index (Phi) is 4.15. The van der Waals surface area contributed by atoms with E-state index in [4.69, 9.17) is 5.26 Å². The van der Waals surface area contributed by atoms with Crippen LogP contribution in [0.1, 0.15) is 12.0 Å². The third-order valence-electron chi connectivity index (χ3n) is 3.94. The molecular formula is C19H15N5S. The van der Waals surface area contributed by atoms with Crippen molar-refractivity contribution in [3.05, 3.63) is 60.3 Å². The highest BCUT2D eigenvalue weighted by Gasteiger charge is 2.06. The molecule has 0 bridgehead atoms. The molecule has 0 unspecified atom stereocenters. The third-order valence-corrected chi connectivity index (χ3v) is 4.88. The molecule has 1 N–H and O–H groups in total. The molecule has 0 radical (unpaired) electrons. The summed E-state index contributed by atoms with van der Waals surface area (Å²) in [6.45, 7) is 0.677. The number of rotatable bonds is 5. The SMILES string of the molecule is N#CCCn1cc(/C=N\Nc2nc3ccccc3s2)c2ccccc21. The van der Waals surface area contributed by atoms with Crippen LogP contribution < -0.4 is 5.43 Å². The maximum atomic E-state index is 8.83. The standard InChI is InChI=1S/C19H15N5S/c20-10-5-11-24-13-14(15-6-1-3-8-17(15)24)12-21-23-19-22-16-7-2-4-9-18(16)25-19/h1-4,6-9,12-13H,5,11H2,(H,22,23)/b21-12-. The predicted molar refractivity (Wildman–Crippen MR) is 103 cm³/mol. The largest absolute Gasteiger partial charge is 0.346 e. The molecule has 2 heterocycles. The van der Waals surface area contributed by atoms with Crippen molar-refractivity contribution in [2.24, 2.45) is 5.10 Å². The Labute approximate surface area is 148 Å². The van der Waals surface area contributed by atoms with Gasteiger partial charge in [-0.25, -0.2) is 4.98 Å². The molecule has 2 aromatic heterocycles. The number of benzene rings is 2. The molecule has 0 spiro atoms. The van der Waals surface area contributed by atoms with E-state index >= 15 is 0 Å². The summed E-state index contributed by atoms with van der Waals surface area (Å²) in [4.78, 5) is 4.50. The molecule has 0 aliphatic rings. The minimum Gasteiger partial charge on any atom is -0.346 e. The van der Waals surface area contributed by atoms with E-state index in [1.54, 1.807) is 17.6 Å². The minimum absolute atomic E-state index is 0.485. The lowest BCUT2D eigenvalue weighted by Crippen LogP contribution is -1.94. The van der Waals surface area contributed by atoms with Gasteiger partial charge in [0.2, 0.25) is 5.13 Å². The van der Waals surface area contributed by atoms with Gasteiger partial charge in [-0.05, 0) is 18.2 Å². The summed E-state index contributed by atoms with van der Waals surface area (Å²) in [6, 6.07) is 18.4. The number of aryl methyl sites for hydroxylation is 1. The molecule has 2 aromatic carbocycles. The average molecular weight is 345 g/mol. The van der Waals surface area contributed by atoms with Gasteiger partial charge in [-0.3, -0.25) is 5.43 Å². The first-order valence-corrected chi connectivity index (χ1v) is 8.76. The van der Waals surface area contributed by atoms with Crippen molar-refractivity contribution in [2.45, 2.75) is 13.0 Å². The van der Waals surface area contributed by atoms with Crippen LogP contribution in [0.25, 0.3) is 21.1 Å². The van der Waals surface area contributed by atoms with Gasteiger partial charge in [0.15, 0.2) is 0 Å². The Bertz CT molecular complexity index is 1070. The van der Waals surface area contributed by atoms with E-state index in [0.717, 1.165) is 31.8 Å². The molecule has 4 rings (SSSR count). The van der Waals surface area contributed by atoms with E-state index in [9.17, 15) is 0 Å². The number of nitriles is 1. The number of anilines is 1. The fourth-order valence-electron chi connectivity index (χ4n) is 2.81. The van der Waals surface area contributed by atoms with Crippen molar-refractivity contribution in [1.29, 1.82) is 5.26 Å². The van der Waals surface area contributed by atoms with E-state index in [0.29, 0.717) is 13.0 Å². The number of fused-ring (bicyclic) bond motifs is 2. The number of para-hydroxylation sites is 2. The Morgan fingerprint density at radius 3 is 2.92 bits per heavy atom. The molecule has 4 aromatic rings. The zero-order chi connectivity index (χ0) is 17.1. The second kappa shape index (κ2) is 6.75. The normalized spacial score (nSPS) is 11.3. The lowest BCUT2D eigenvalue weighted by Gasteiger charge is -2.00. The van der Waals surface area contributed by atoms with Crippen LogP contribution in [0.2, 0.25) is 0 Å². The van der Waals surface area contributed by atoms with Crippen molar-refractivity contribution in [2.75, 3.05) is 5.43 Å². The number of aromatic nitrogens is 2. The monoisotopic (exact) mass is 345 g/mol. The van der Waals surface area contributed by atoms with E-state index in [2.05, 4.69) is 38.3 Å². The summed E-state index contributed by atoms with van der Waals surface area (Å²) in [5.74, 6) is 0. The second-order valence-corrected chi connectivity index (χ2v) is 6.59. The lowest BCUT2D eigenvalue weighted by atomic mass is 10.2. The quantitative estimate of drug-likeness (QED) is 0.424. The highest BCUT2D eigenvalue weighted by molar-refractivity contribution is 7.22. The van der Waals surface area contributed by atoms with Gasteiger partial charge >= 0.3 is 0 Å². The summed E-state index contributed by atoms with van der Waals surface area (Å²) >= 11 is 1.58. The Balaban J connectivity index is 1.59. The molecule has 0 fully saturated rings. The maximum absolute atomic E-state index is 8.83. The number of nitrogens with zero attached hydrogens (tertiary/aromatic N) is 4. The fourth-order valence-corrected chi connectivity index (χ4v) is 3.63. The summed E-state index contributed by atoms with van der Waals surface area (Å²) in [5.41, 5.74) is 6.11. The van der Waals surface area contributed by atoms with E-state index in [-0.39, 0.29) is 0 Å². The molecular weight excluding hydrogens is 330 g/mol. The van der Waals surface area contributed by atoms with Crippen molar-refractivity contribution in [3.8, 4) is 6.07 Å². The molecule has 0 amide bonds. The Hall–Kier alpha value is -3.17. The Morgan fingerprint density at radius 1 is 1.20 bits per heavy atom. The van der Waals surface area contributed by atoms with Crippen LogP contribution in [-0.4, -0.2) is 15.8 Å². The van der Waals surface area contributed by atoms with Crippen LogP contribution in [0.15, 0.2) is 59.8 Å². The van der Waals surface area contributed by atoms with Gasteiger partial charge in [-0.15, -0.1) is 0 Å². The minimum atomic E-state index is 0.485. The van der Waals surface area contributed by atoms with Gasteiger partial charge in [0, 0.05) is 29.2 Å². The Morgan fingerprint density at radius 2 is 2.04 bits per heavy atom. The molecule has 5 nitrogen and oxygen atoms in total.